The lowest BCUT2D eigenvalue weighted by molar-refractivity contribution is 0.657. The summed E-state index contributed by atoms with van der Waals surface area (Å²) in [4.78, 5) is 17.2. The predicted molar refractivity (Wildman–Crippen MR) is 115 cm³/mol. The van der Waals surface area contributed by atoms with Crippen LogP contribution in [0.15, 0.2) is 67.3 Å². The fourth-order valence-corrected chi connectivity index (χ4v) is 4.39. The predicted octanol–water partition coefficient (Wildman–Crippen LogP) is 5.43. The van der Waals surface area contributed by atoms with E-state index >= 15 is 0 Å². The number of aromatic amines is 2. The molecule has 30 heavy (non-hydrogen) atoms. The number of thiophene rings is 1. The number of halogens is 1. The van der Waals surface area contributed by atoms with Crippen LogP contribution in [0.5, 0.6) is 0 Å². The summed E-state index contributed by atoms with van der Waals surface area (Å²) in [7, 11) is 0. The van der Waals surface area contributed by atoms with Crippen LogP contribution in [-0.4, -0.2) is 30.1 Å². The molecule has 0 aliphatic heterocycles. The van der Waals surface area contributed by atoms with E-state index in [1.807, 2.05) is 24.3 Å². The van der Waals surface area contributed by atoms with Crippen LogP contribution in [0.4, 0.5) is 4.39 Å². The van der Waals surface area contributed by atoms with E-state index in [1.54, 1.807) is 30.9 Å². The SMILES string of the molecule is Fc1ccc(-c2nccc3[nH]c(-c4n[nH]c5ccc(-c6cnccn6)cc45)cc23)s1. The van der Waals surface area contributed by atoms with Crippen molar-refractivity contribution in [2.75, 3.05) is 0 Å². The monoisotopic (exact) mass is 412 g/mol. The lowest BCUT2D eigenvalue weighted by Crippen LogP contribution is -1.84. The first kappa shape index (κ1) is 17.0. The Balaban J connectivity index is 1.52. The molecule has 0 spiro atoms. The molecule has 0 aliphatic rings. The second-order valence-corrected chi connectivity index (χ2v) is 7.86. The fourth-order valence-electron chi connectivity index (χ4n) is 3.65. The first-order valence-electron chi connectivity index (χ1n) is 9.24. The minimum absolute atomic E-state index is 0.227. The molecular weight excluding hydrogens is 399 g/mol. The van der Waals surface area contributed by atoms with Gasteiger partial charge in [0.05, 0.1) is 33.7 Å². The molecule has 5 heterocycles. The third kappa shape index (κ3) is 2.69. The first-order chi connectivity index (χ1) is 14.8. The molecule has 0 bridgehead atoms. The summed E-state index contributed by atoms with van der Waals surface area (Å²) < 4.78 is 13.6. The summed E-state index contributed by atoms with van der Waals surface area (Å²) in [5, 5.41) is 9.29. The summed E-state index contributed by atoms with van der Waals surface area (Å²) in [5.74, 6) is 0. The molecule has 8 heteroatoms. The van der Waals surface area contributed by atoms with Crippen molar-refractivity contribution < 1.29 is 4.39 Å². The molecular formula is C22H13FN6S. The molecule has 6 rings (SSSR count). The Morgan fingerprint density at radius 3 is 2.60 bits per heavy atom. The van der Waals surface area contributed by atoms with Crippen molar-refractivity contribution in [1.82, 2.24) is 30.1 Å². The van der Waals surface area contributed by atoms with Crippen LogP contribution in [0.2, 0.25) is 0 Å². The van der Waals surface area contributed by atoms with E-state index in [9.17, 15) is 4.39 Å². The number of fused-ring (bicyclic) bond motifs is 2. The summed E-state index contributed by atoms with van der Waals surface area (Å²) in [6.45, 7) is 0. The molecule has 6 aromatic rings. The quantitative estimate of drug-likeness (QED) is 0.406. The zero-order chi connectivity index (χ0) is 20.1. The molecule has 0 amide bonds. The lowest BCUT2D eigenvalue weighted by atomic mass is 10.1. The number of hydrogen-bond donors (Lipinski definition) is 2. The molecule has 1 aromatic carbocycles. The third-order valence-electron chi connectivity index (χ3n) is 5.03. The number of H-pyrrole nitrogens is 2. The normalized spacial score (nSPS) is 11.5. The average molecular weight is 412 g/mol. The van der Waals surface area contributed by atoms with Crippen LogP contribution < -0.4 is 0 Å². The van der Waals surface area contributed by atoms with Crippen LogP contribution in [0.3, 0.4) is 0 Å². The van der Waals surface area contributed by atoms with E-state index in [4.69, 9.17) is 0 Å². The maximum absolute atomic E-state index is 13.6. The Hall–Kier alpha value is -3.91. The standard InChI is InChI=1S/C22H13FN6S/c23-20-4-3-19(30-20)22-14-10-17(27-15(14)5-6-26-22)21-13-9-12(1-2-16(13)28-29-21)18-11-24-7-8-25-18/h1-11,27H,(H,28,29). The van der Waals surface area contributed by atoms with E-state index in [1.165, 1.54) is 6.07 Å². The number of benzene rings is 1. The Morgan fingerprint density at radius 2 is 1.77 bits per heavy atom. The van der Waals surface area contributed by atoms with E-state index in [0.717, 1.165) is 66.4 Å². The highest BCUT2D eigenvalue weighted by atomic mass is 32.1. The van der Waals surface area contributed by atoms with Gasteiger partial charge in [-0.05, 0) is 36.4 Å². The fraction of sp³-hybridized carbons (Fsp3) is 0. The van der Waals surface area contributed by atoms with Crippen molar-refractivity contribution in [2.24, 2.45) is 0 Å². The van der Waals surface area contributed by atoms with Gasteiger partial charge in [0, 0.05) is 40.4 Å². The van der Waals surface area contributed by atoms with Gasteiger partial charge in [0.25, 0.3) is 0 Å². The van der Waals surface area contributed by atoms with Gasteiger partial charge in [-0.2, -0.15) is 9.49 Å². The van der Waals surface area contributed by atoms with Gasteiger partial charge < -0.3 is 4.98 Å². The molecule has 0 atom stereocenters. The lowest BCUT2D eigenvalue weighted by Gasteiger charge is -2.00. The number of rotatable bonds is 3. The highest BCUT2D eigenvalue weighted by molar-refractivity contribution is 7.13. The maximum atomic E-state index is 13.6. The number of nitrogens with zero attached hydrogens (tertiary/aromatic N) is 4. The van der Waals surface area contributed by atoms with E-state index in [0.29, 0.717) is 0 Å². The van der Waals surface area contributed by atoms with Gasteiger partial charge in [-0.15, -0.1) is 11.3 Å². The maximum Gasteiger partial charge on any atom is 0.177 e. The van der Waals surface area contributed by atoms with E-state index < -0.39 is 0 Å². The van der Waals surface area contributed by atoms with Gasteiger partial charge in [0.2, 0.25) is 0 Å². The molecule has 2 N–H and O–H groups in total. The molecule has 5 aromatic heterocycles. The highest BCUT2D eigenvalue weighted by Gasteiger charge is 2.16. The second kappa shape index (κ2) is 6.57. The van der Waals surface area contributed by atoms with Gasteiger partial charge in [-0.1, -0.05) is 6.07 Å². The number of pyridine rings is 1. The topological polar surface area (TPSA) is 83.1 Å². The van der Waals surface area contributed by atoms with Gasteiger partial charge in [0.1, 0.15) is 5.69 Å². The molecule has 0 aliphatic carbocycles. The minimum atomic E-state index is -0.227. The van der Waals surface area contributed by atoms with Crippen LogP contribution in [0, 0.1) is 5.13 Å². The Labute approximate surface area is 173 Å². The highest BCUT2D eigenvalue weighted by Crippen LogP contribution is 2.35. The van der Waals surface area contributed by atoms with E-state index in [2.05, 4.69) is 36.2 Å². The first-order valence-corrected chi connectivity index (χ1v) is 10.1. The largest absolute Gasteiger partial charge is 0.353 e. The summed E-state index contributed by atoms with van der Waals surface area (Å²) in [6.07, 6.45) is 6.79. The van der Waals surface area contributed by atoms with Crippen molar-refractivity contribution in [1.29, 1.82) is 0 Å². The summed E-state index contributed by atoms with van der Waals surface area (Å²) >= 11 is 1.09. The summed E-state index contributed by atoms with van der Waals surface area (Å²) in [6, 6.07) is 13.2. The van der Waals surface area contributed by atoms with Crippen molar-refractivity contribution in [3.05, 3.63) is 72.4 Å². The molecule has 6 nitrogen and oxygen atoms in total. The zero-order valence-corrected chi connectivity index (χ0v) is 16.2. The molecule has 0 fully saturated rings. The van der Waals surface area contributed by atoms with Crippen LogP contribution in [0.25, 0.3) is 55.0 Å². The van der Waals surface area contributed by atoms with Crippen LogP contribution >= 0.6 is 11.3 Å². The summed E-state index contributed by atoms with van der Waals surface area (Å²) in [5.41, 5.74) is 6.03. The molecule has 0 saturated carbocycles. The second-order valence-electron chi connectivity index (χ2n) is 6.83. The van der Waals surface area contributed by atoms with E-state index in [-0.39, 0.29) is 5.13 Å². The molecule has 0 unspecified atom stereocenters. The average Bonchev–Trinajstić information content (AvgIpc) is 3.51. The molecule has 0 saturated heterocycles. The Kier molecular flexibility index (Phi) is 3.72. The van der Waals surface area contributed by atoms with Crippen molar-refractivity contribution >= 4 is 33.1 Å². The smallest absolute Gasteiger partial charge is 0.177 e. The Morgan fingerprint density at radius 1 is 0.833 bits per heavy atom. The van der Waals surface area contributed by atoms with Gasteiger partial charge in [0.15, 0.2) is 5.13 Å². The Bertz CT molecular complexity index is 1520. The minimum Gasteiger partial charge on any atom is -0.353 e. The van der Waals surface area contributed by atoms with Gasteiger partial charge in [-0.3, -0.25) is 20.1 Å². The van der Waals surface area contributed by atoms with Crippen molar-refractivity contribution in [2.45, 2.75) is 0 Å². The number of nitrogens with one attached hydrogen (secondary N) is 2. The molecule has 144 valence electrons. The van der Waals surface area contributed by atoms with Gasteiger partial charge in [-0.25, -0.2) is 0 Å². The van der Waals surface area contributed by atoms with Crippen LogP contribution in [0.1, 0.15) is 0 Å². The number of aromatic nitrogens is 6. The van der Waals surface area contributed by atoms with Gasteiger partial charge >= 0.3 is 0 Å². The number of hydrogen-bond acceptors (Lipinski definition) is 5. The van der Waals surface area contributed by atoms with Crippen molar-refractivity contribution in [3.63, 3.8) is 0 Å². The van der Waals surface area contributed by atoms with Crippen molar-refractivity contribution in [3.8, 4) is 33.2 Å². The zero-order valence-electron chi connectivity index (χ0n) is 15.4. The third-order valence-corrected chi connectivity index (χ3v) is 5.91. The molecule has 0 radical (unpaired) electrons. The van der Waals surface area contributed by atoms with Crippen LogP contribution in [-0.2, 0) is 0 Å².